The summed E-state index contributed by atoms with van der Waals surface area (Å²) >= 11 is 4.89. The second-order valence-electron chi connectivity index (χ2n) is 2.97. The van der Waals surface area contributed by atoms with Crippen molar-refractivity contribution in [3.05, 3.63) is 28.7 Å². The van der Waals surface area contributed by atoms with Gasteiger partial charge in [0.25, 0.3) is 0 Å². The zero-order valence-corrected chi connectivity index (χ0v) is 11.1. The van der Waals surface area contributed by atoms with Crippen LogP contribution in [0.15, 0.2) is 33.6 Å². The first-order valence-corrected chi connectivity index (χ1v) is 6.39. The second kappa shape index (κ2) is 6.18. The molecule has 0 N–H and O–H groups in total. The van der Waals surface area contributed by atoms with E-state index in [-0.39, 0.29) is 11.2 Å². The number of esters is 1. The lowest BCUT2D eigenvalue weighted by Gasteiger charge is -2.09. The minimum absolute atomic E-state index is 0.164. The molecule has 2 nitrogen and oxygen atoms in total. The molecule has 0 radical (unpaired) electrons. The third-order valence-corrected chi connectivity index (χ3v) is 3.29. The summed E-state index contributed by atoms with van der Waals surface area (Å²) in [7, 11) is 0. The van der Waals surface area contributed by atoms with Gasteiger partial charge < -0.3 is 4.74 Å². The first kappa shape index (κ1) is 12.6. The van der Waals surface area contributed by atoms with Crippen LogP contribution < -0.4 is 0 Å². The lowest BCUT2D eigenvalue weighted by molar-refractivity contribution is -0.142. The van der Waals surface area contributed by atoms with Gasteiger partial charge in [0.15, 0.2) is 0 Å². The predicted octanol–water partition coefficient (Wildman–Crippen LogP) is 3.49. The largest absolute Gasteiger partial charge is 0.465 e. The Morgan fingerprint density at radius 3 is 2.93 bits per heavy atom. The molecule has 0 unspecified atom stereocenters. The highest BCUT2D eigenvalue weighted by Crippen LogP contribution is 2.26. The lowest BCUT2D eigenvalue weighted by atomic mass is 10.4. The van der Waals surface area contributed by atoms with Gasteiger partial charge in [-0.25, -0.2) is 0 Å². The Hall–Kier alpha value is -0.480. The molecule has 0 saturated heterocycles. The molecule has 0 bridgehead atoms. The standard InChI is InChI=1S/C11H13BrO2S/c1-3-14-11(13)8(2)15-10-6-4-5-9(12)7-10/h4-8H,3H2,1-2H3/t8-/m0/s1. The van der Waals surface area contributed by atoms with Crippen LogP contribution in [0.25, 0.3) is 0 Å². The van der Waals surface area contributed by atoms with Crippen molar-refractivity contribution in [1.29, 1.82) is 0 Å². The van der Waals surface area contributed by atoms with E-state index in [1.807, 2.05) is 38.1 Å². The van der Waals surface area contributed by atoms with E-state index < -0.39 is 0 Å². The molecule has 0 spiro atoms. The van der Waals surface area contributed by atoms with Gasteiger partial charge in [-0.2, -0.15) is 0 Å². The number of benzene rings is 1. The maximum absolute atomic E-state index is 11.4. The van der Waals surface area contributed by atoms with Crippen LogP contribution in [0.5, 0.6) is 0 Å². The topological polar surface area (TPSA) is 26.3 Å². The first-order chi connectivity index (χ1) is 7.13. The molecular weight excluding hydrogens is 276 g/mol. The number of halogens is 1. The van der Waals surface area contributed by atoms with Crippen molar-refractivity contribution >= 4 is 33.7 Å². The summed E-state index contributed by atoms with van der Waals surface area (Å²) in [6.07, 6.45) is 0. The third-order valence-electron chi connectivity index (χ3n) is 1.73. The average Bonchev–Trinajstić information content (AvgIpc) is 2.18. The molecule has 1 atom stereocenters. The van der Waals surface area contributed by atoms with Crippen LogP contribution in [0.4, 0.5) is 0 Å². The molecule has 0 aliphatic rings. The van der Waals surface area contributed by atoms with Gasteiger partial charge in [-0.05, 0) is 32.0 Å². The van der Waals surface area contributed by atoms with Crippen molar-refractivity contribution < 1.29 is 9.53 Å². The second-order valence-corrected chi connectivity index (χ2v) is 5.30. The molecule has 0 fully saturated rings. The number of ether oxygens (including phenoxy) is 1. The van der Waals surface area contributed by atoms with Gasteiger partial charge in [0, 0.05) is 9.37 Å². The Labute approximate surface area is 103 Å². The molecule has 15 heavy (non-hydrogen) atoms. The van der Waals surface area contributed by atoms with Crippen molar-refractivity contribution in [3.63, 3.8) is 0 Å². The van der Waals surface area contributed by atoms with E-state index >= 15 is 0 Å². The lowest BCUT2D eigenvalue weighted by Crippen LogP contribution is -2.16. The van der Waals surface area contributed by atoms with Crippen molar-refractivity contribution in [1.82, 2.24) is 0 Å². The smallest absolute Gasteiger partial charge is 0.319 e. The van der Waals surface area contributed by atoms with E-state index in [0.717, 1.165) is 9.37 Å². The van der Waals surface area contributed by atoms with E-state index in [0.29, 0.717) is 6.61 Å². The van der Waals surface area contributed by atoms with E-state index in [9.17, 15) is 4.79 Å². The Balaban J connectivity index is 2.58. The SMILES string of the molecule is CCOC(=O)[C@H](C)Sc1cccc(Br)c1. The van der Waals surface area contributed by atoms with Gasteiger partial charge in [0.05, 0.1) is 6.61 Å². The highest BCUT2D eigenvalue weighted by Gasteiger charge is 2.14. The molecule has 0 aliphatic heterocycles. The Kier molecular flexibility index (Phi) is 5.19. The molecule has 0 amide bonds. The Bertz CT molecular complexity index is 341. The summed E-state index contributed by atoms with van der Waals surface area (Å²) < 4.78 is 5.95. The van der Waals surface area contributed by atoms with Gasteiger partial charge in [0.1, 0.15) is 5.25 Å². The van der Waals surface area contributed by atoms with Crippen LogP contribution in [-0.2, 0) is 9.53 Å². The summed E-state index contributed by atoms with van der Waals surface area (Å²) in [5, 5.41) is -0.167. The molecule has 0 aromatic heterocycles. The molecule has 0 saturated carbocycles. The normalized spacial score (nSPS) is 12.2. The van der Waals surface area contributed by atoms with Crippen LogP contribution in [-0.4, -0.2) is 17.8 Å². The minimum atomic E-state index is -0.167. The highest BCUT2D eigenvalue weighted by molar-refractivity contribution is 9.10. The number of hydrogen-bond donors (Lipinski definition) is 0. The molecule has 4 heteroatoms. The fraction of sp³-hybridized carbons (Fsp3) is 0.364. The fourth-order valence-corrected chi connectivity index (χ4v) is 2.53. The van der Waals surface area contributed by atoms with Gasteiger partial charge in [0.2, 0.25) is 0 Å². The van der Waals surface area contributed by atoms with Crippen molar-refractivity contribution in [2.45, 2.75) is 24.0 Å². The molecule has 1 aromatic carbocycles. The van der Waals surface area contributed by atoms with E-state index in [2.05, 4.69) is 15.9 Å². The first-order valence-electron chi connectivity index (χ1n) is 4.72. The average molecular weight is 289 g/mol. The quantitative estimate of drug-likeness (QED) is 0.627. The molecule has 1 aromatic rings. The monoisotopic (exact) mass is 288 g/mol. The summed E-state index contributed by atoms with van der Waals surface area (Å²) in [4.78, 5) is 12.4. The van der Waals surface area contributed by atoms with Crippen molar-refractivity contribution in [3.8, 4) is 0 Å². The van der Waals surface area contributed by atoms with Gasteiger partial charge in [-0.15, -0.1) is 11.8 Å². The van der Waals surface area contributed by atoms with Gasteiger partial charge in [-0.1, -0.05) is 22.0 Å². The molecule has 82 valence electrons. The summed E-state index contributed by atoms with van der Waals surface area (Å²) in [5.74, 6) is -0.164. The van der Waals surface area contributed by atoms with Crippen LogP contribution >= 0.6 is 27.7 Å². The summed E-state index contributed by atoms with van der Waals surface area (Å²) in [6, 6.07) is 7.87. The predicted molar refractivity (Wildman–Crippen MR) is 66.1 cm³/mol. The maximum Gasteiger partial charge on any atom is 0.319 e. The van der Waals surface area contributed by atoms with Crippen molar-refractivity contribution in [2.24, 2.45) is 0 Å². The number of carbonyl (C=O) groups is 1. The summed E-state index contributed by atoms with van der Waals surface area (Å²) in [6.45, 7) is 4.10. The fourth-order valence-electron chi connectivity index (χ4n) is 1.05. The molecule has 0 aliphatic carbocycles. The van der Waals surface area contributed by atoms with Crippen LogP contribution in [0.3, 0.4) is 0 Å². The zero-order chi connectivity index (χ0) is 11.3. The van der Waals surface area contributed by atoms with Crippen LogP contribution in [0.2, 0.25) is 0 Å². The van der Waals surface area contributed by atoms with Gasteiger partial charge in [-0.3, -0.25) is 4.79 Å². The number of thioether (sulfide) groups is 1. The Morgan fingerprint density at radius 1 is 1.60 bits per heavy atom. The van der Waals surface area contributed by atoms with E-state index in [1.165, 1.54) is 11.8 Å². The molecular formula is C11H13BrO2S. The number of hydrogen-bond acceptors (Lipinski definition) is 3. The Morgan fingerprint density at radius 2 is 2.33 bits per heavy atom. The highest BCUT2D eigenvalue weighted by atomic mass is 79.9. The van der Waals surface area contributed by atoms with Crippen LogP contribution in [0, 0.1) is 0 Å². The van der Waals surface area contributed by atoms with E-state index in [1.54, 1.807) is 0 Å². The minimum Gasteiger partial charge on any atom is -0.465 e. The van der Waals surface area contributed by atoms with E-state index in [4.69, 9.17) is 4.74 Å². The maximum atomic E-state index is 11.4. The number of carbonyl (C=O) groups excluding carboxylic acids is 1. The molecule has 0 heterocycles. The van der Waals surface area contributed by atoms with Crippen LogP contribution in [0.1, 0.15) is 13.8 Å². The van der Waals surface area contributed by atoms with Gasteiger partial charge >= 0.3 is 5.97 Å². The summed E-state index contributed by atoms with van der Waals surface area (Å²) in [5.41, 5.74) is 0. The van der Waals surface area contributed by atoms with Crippen molar-refractivity contribution in [2.75, 3.05) is 6.61 Å². The zero-order valence-electron chi connectivity index (χ0n) is 8.70. The third kappa shape index (κ3) is 4.26. The number of rotatable bonds is 4. The molecule has 1 rings (SSSR count).